The van der Waals surface area contributed by atoms with Crippen molar-refractivity contribution in [3.8, 4) is 0 Å². The summed E-state index contributed by atoms with van der Waals surface area (Å²) in [5.41, 5.74) is 1.33. The lowest BCUT2D eigenvalue weighted by Gasteiger charge is -2.35. The Morgan fingerprint density at radius 2 is 2.11 bits per heavy atom. The number of halogens is 2. The zero-order valence-electron chi connectivity index (χ0n) is 10.8. The van der Waals surface area contributed by atoms with Crippen molar-refractivity contribution >= 4 is 27.5 Å². The molecule has 0 spiro atoms. The van der Waals surface area contributed by atoms with E-state index in [1.807, 2.05) is 6.07 Å². The van der Waals surface area contributed by atoms with Gasteiger partial charge < -0.3 is 5.32 Å². The molecule has 1 heterocycles. The van der Waals surface area contributed by atoms with Crippen LogP contribution in [0.3, 0.4) is 0 Å². The molecule has 0 saturated carbocycles. The molecule has 1 N–H and O–H groups in total. The van der Waals surface area contributed by atoms with Crippen LogP contribution < -0.4 is 5.32 Å². The molecule has 1 aliphatic heterocycles. The molecule has 100 valence electrons. The Morgan fingerprint density at radius 1 is 1.39 bits per heavy atom. The summed E-state index contributed by atoms with van der Waals surface area (Å²) in [4.78, 5) is 2.57. The SMILES string of the molecule is CCC[C@@H](c1cc(Cl)ccc1Br)N1CCNCC1. The maximum absolute atomic E-state index is 6.15. The lowest BCUT2D eigenvalue weighted by atomic mass is 10.00. The Labute approximate surface area is 123 Å². The summed E-state index contributed by atoms with van der Waals surface area (Å²) in [6, 6.07) is 6.58. The zero-order chi connectivity index (χ0) is 13.0. The van der Waals surface area contributed by atoms with Crippen LogP contribution in [0.25, 0.3) is 0 Å². The van der Waals surface area contributed by atoms with Crippen LogP contribution in [0.4, 0.5) is 0 Å². The Morgan fingerprint density at radius 3 is 2.78 bits per heavy atom. The molecule has 0 aromatic heterocycles. The Hall–Kier alpha value is -0.0900. The molecule has 0 amide bonds. The van der Waals surface area contributed by atoms with Crippen molar-refractivity contribution in [2.24, 2.45) is 0 Å². The first kappa shape index (κ1) is 14.3. The van der Waals surface area contributed by atoms with E-state index in [4.69, 9.17) is 11.6 Å². The molecule has 1 aromatic carbocycles. The van der Waals surface area contributed by atoms with Gasteiger partial charge in [0.2, 0.25) is 0 Å². The molecule has 2 rings (SSSR count). The topological polar surface area (TPSA) is 15.3 Å². The lowest BCUT2D eigenvalue weighted by Crippen LogP contribution is -2.45. The molecule has 1 aliphatic rings. The van der Waals surface area contributed by atoms with Crippen molar-refractivity contribution in [1.29, 1.82) is 0 Å². The molecule has 0 aliphatic carbocycles. The number of hydrogen-bond acceptors (Lipinski definition) is 2. The number of benzene rings is 1. The normalized spacial score (nSPS) is 18.8. The second kappa shape index (κ2) is 6.90. The smallest absolute Gasteiger partial charge is 0.0410 e. The molecule has 1 saturated heterocycles. The van der Waals surface area contributed by atoms with Gasteiger partial charge in [-0.3, -0.25) is 4.90 Å². The predicted molar refractivity (Wildman–Crippen MR) is 81.2 cm³/mol. The van der Waals surface area contributed by atoms with Gasteiger partial charge in [0.15, 0.2) is 0 Å². The maximum Gasteiger partial charge on any atom is 0.0410 e. The second-order valence-electron chi connectivity index (χ2n) is 4.76. The number of rotatable bonds is 4. The van der Waals surface area contributed by atoms with Crippen LogP contribution in [0.15, 0.2) is 22.7 Å². The summed E-state index contributed by atoms with van der Waals surface area (Å²) < 4.78 is 1.17. The van der Waals surface area contributed by atoms with Crippen LogP contribution >= 0.6 is 27.5 Å². The fourth-order valence-corrected chi connectivity index (χ4v) is 3.26. The highest BCUT2D eigenvalue weighted by Crippen LogP contribution is 2.33. The van der Waals surface area contributed by atoms with Gasteiger partial charge in [-0.25, -0.2) is 0 Å². The largest absolute Gasteiger partial charge is 0.314 e. The third-order valence-electron chi connectivity index (χ3n) is 3.47. The second-order valence-corrected chi connectivity index (χ2v) is 6.05. The minimum Gasteiger partial charge on any atom is -0.314 e. The molecule has 1 aromatic rings. The molecule has 4 heteroatoms. The third kappa shape index (κ3) is 3.47. The van der Waals surface area contributed by atoms with Gasteiger partial charge in [0, 0.05) is 41.7 Å². The van der Waals surface area contributed by atoms with Gasteiger partial charge in [-0.1, -0.05) is 40.9 Å². The van der Waals surface area contributed by atoms with Crippen molar-refractivity contribution in [2.45, 2.75) is 25.8 Å². The van der Waals surface area contributed by atoms with E-state index in [-0.39, 0.29) is 0 Å². The molecule has 0 radical (unpaired) electrons. The van der Waals surface area contributed by atoms with Crippen LogP contribution in [0.1, 0.15) is 31.4 Å². The van der Waals surface area contributed by atoms with E-state index >= 15 is 0 Å². The summed E-state index contributed by atoms with van der Waals surface area (Å²) in [5, 5.41) is 4.23. The fraction of sp³-hybridized carbons (Fsp3) is 0.571. The molecule has 2 nitrogen and oxygen atoms in total. The van der Waals surface area contributed by atoms with Gasteiger partial charge in [0.05, 0.1) is 0 Å². The zero-order valence-corrected chi connectivity index (χ0v) is 13.1. The minimum atomic E-state index is 0.477. The average Bonchev–Trinajstić information content (AvgIpc) is 2.40. The van der Waals surface area contributed by atoms with Crippen molar-refractivity contribution in [2.75, 3.05) is 26.2 Å². The van der Waals surface area contributed by atoms with Crippen LogP contribution in [0, 0.1) is 0 Å². The summed E-state index contributed by atoms with van der Waals surface area (Å²) in [6.45, 7) is 6.64. The maximum atomic E-state index is 6.15. The van der Waals surface area contributed by atoms with E-state index < -0.39 is 0 Å². The highest BCUT2D eigenvalue weighted by molar-refractivity contribution is 9.10. The standard InChI is InChI=1S/C14H20BrClN2/c1-2-3-14(18-8-6-17-7-9-18)12-10-11(16)4-5-13(12)15/h4-5,10,14,17H,2-3,6-9H2,1H3/t14-/m0/s1. The average molecular weight is 332 g/mol. The van der Waals surface area contributed by atoms with Gasteiger partial charge in [-0.2, -0.15) is 0 Å². The summed E-state index contributed by atoms with van der Waals surface area (Å²) in [6.07, 6.45) is 2.37. The highest BCUT2D eigenvalue weighted by atomic mass is 79.9. The molecular formula is C14H20BrClN2. The number of nitrogens with one attached hydrogen (secondary N) is 1. The van der Waals surface area contributed by atoms with Crippen LogP contribution in [-0.4, -0.2) is 31.1 Å². The summed E-state index contributed by atoms with van der Waals surface area (Å²) in [7, 11) is 0. The van der Waals surface area contributed by atoms with E-state index in [0.717, 1.165) is 31.2 Å². The van der Waals surface area contributed by atoms with Crippen molar-refractivity contribution < 1.29 is 0 Å². The van der Waals surface area contributed by atoms with E-state index in [9.17, 15) is 0 Å². The molecular weight excluding hydrogens is 312 g/mol. The first-order valence-corrected chi connectivity index (χ1v) is 7.79. The minimum absolute atomic E-state index is 0.477. The van der Waals surface area contributed by atoms with E-state index in [1.165, 1.54) is 22.9 Å². The molecule has 1 atom stereocenters. The highest BCUT2D eigenvalue weighted by Gasteiger charge is 2.23. The summed E-state index contributed by atoms with van der Waals surface area (Å²) >= 11 is 9.82. The third-order valence-corrected chi connectivity index (χ3v) is 4.43. The van der Waals surface area contributed by atoms with E-state index in [2.05, 4.69) is 45.2 Å². The van der Waals surface area contributed by atoms with Crippen LogP contribution in [0.5, 0.6) is 0 Å². The molecule has 0 bridgehead atoms. The van der Waals surface area contributed by atoms with Gasteiger partial charge >= 0.3 is 0 Å². The summed E-state index contributed by atoms with van der Waals surface area (Å²) in [5.74, 6) is 0. The Kier molecular flexibility index (Phi) is 5.49. The monoisotopic (exact) mass is 330 g/mol. The first-order valence-electron chi connectivity index (χ1n) is 6.62. The Balaban J connectivity index is 2.24. The van der Waals surface area contributed by atoms with Crippen LogP contribution in [-0.2, 0) is 0 Å². The van der Waals surface area contributed by atoms with Crippen molar-refractivity contribution in [3.05, 3.63) is 33.3 Å². The number of hydrogen-bond donors (Lipinski definition) is 1. The predicted octanol–water partition coefficient (Wildman–Crippen LogP) is 3.85. The first-order chi connectivity index (χ1) is 8.72. The molecule has 18 heavy (non-hydrogen) atoms. The quantitative estimate of drug-likeness (QED) is 0.901. The molecule has 1 fully saturated rings. The van der Waals surface area contributed by atoms with Gasteiger partial charge in [-0.05, 0) is 30.2 Å². The van der Waals surface area contributed by atoms with Crippen molar-refractivity contribution in [1.82, 2.24) is 10.2 Å². The van der Waals surface area contributed by atoms with Gasteiger partial charge in [0.25, 0.3) is 0 Å². The Bertz CT molecular complexity index is 391. The van der Waals surface area contributed by atoms with Crippen LogP contribution in [0.2, 0.25) is 5.02 Å². The number of piperazine rings is 1. The lowest BCUT2D eigenvalue weighted by molar-refractivity contribution is 0.164. The number of nitrogens with zero attached hydrogens (tertiary/aromatic N) is 1. The van der Waals surface area contributed by atoms with Crippen molar-refractivity contribution in [3.63, 3.8) is 0 Å². The van der Waals surface area contributed by atoms with Gasteiger partial charge in [-0.15, -0.1) is 0 Å². The fourth-order valence-electron chi connectivity index (χ4n) is 2.57. The van der Waals surface area contributed by atoms with Gasteiger partial charge in [0.1, 0.15) is 0 Å². The molecule has 0 unspecified atom stereocenters. The van der Waals surface area contributed by atoms with E-state index in [1.54, 1.807) is 0 Å². The van der Waals surface area contributed by atoms with E-state index in [0.29, 0.717) is 6.04 Å².